The van der Waals surface area contributed by atoms with Crippen molar-refractivity contribution in [1.29, 1.82) is 0 Å². The number of likely N-dealkylation sites (tertiary alicyclic amines) is 2. The molecule has 0 spiro atoms. The first-order valence-corrected chi connectivity index (χ1v) is 12.2. The number of hydrogen-bond acceptors (Lipinski definition) is 5. The maximum atomic E-state index is 4.86. The molecule has 5 heteroatoms. The Hall–Kier alpha value is -1.20. The standard InChI is InChI=1S/C24H41N5/c1-4-5-6-7-12-27-13-10-20(11-14-27)21-15-25-24(26-16-21)29-22-8-9-23(29)18-28(17-22)19(2)3/h15-16,19-20,22-23H,4-14,17-18H2,1-3H3. The van der Waals surface area contributed by atoms with Gasteiger partial charge in [-0.1, -0.05) is 26.2 Å². The Kier molecular flexibility index (Phi) is 7.07. The van der Waals surface area contributed by atoms with Crippen LogP contribution in [0, 0.1) is 0 Å². The third-order valence-corrected chi connectivity index (χ3v) is 7.52. The summed E-state index contributed by atoms with van der Waals surface area (Å²) in [6.45, 7) is 13.0. The van der Waals surface area contributed by atoms with Gasteiger partial charge in [-0.2, -0.15) is 0 Å². The van der Waals surface area contributed by atoms with E-state index in [1.807, 2.05) is 0 Å². The van der Waals surface area contributed by atoms with Gasteiger partial charge < -0.3 is 9.80 Å². The fraction of sp³-hybridized carbons (Fsp3) is 0.833. The van der Waals surface area contributed by atoms with Gasteiger partial charge >= 0.3 is 0 Å². The molecule has 0 amide bonds. The maximum absolute atomic E-state index is 4.86. The van der Waals surface area contributed by atoms with Crippen LogP contribution in [0.1, 0.15) is 83.6 Å². The van der Waals surface area contributed by atoms with E-state index < -0.39 is 0 Å². The van der Waals surface area contributed by atoms with E-state index in [4.69, 9.17) is 9.97 Å². The normalized spacial score (nSPS) is 26.6. The number of fused-ring (bicyclic) bond motifs is 2. The quantitative estimate of drug-likeness (QED) is 0.609. The van der Waals surface area contributed by atoms with Crippen molar-refractivity contribution >= 4 is 5.95 Å². The number of rotatable bonds is 8. The molecule has 29 heavy (non-hydrogen) atoms. The predicted octanol–water partition coefficient (Wildman–Crippen LogP) is 4.30. The van der Waals surface area contributed by atoms with Crippen LogP contribution in [0.4, 0.5) is 5.95 Å². The highest BCUT2D eigenvalue weighted by atomic mass is 15.4. The molecule has 0 radical (unpaired) electrons. The number of piperazine rings is 1. The SMILES string of the molecule is CCCCCCN1CCC(c2cnc(N3C4CCC3CN(C(C)C)C4)nc2)CC1. The monoisotopic (exact) mass is 399 g/mol. The van der Waals surface area contributed by atoms with Crippen LogP contribution in [0.2, 0.25) is 0 Å². The van der Waals surface area contributed by atoms with Crippen molar-refractivity contribution in [2.75, 3.05) is 37.6 Å². The second kappa shape index (κ2) is 9.74. The lowest BCUT2D eigenvalue weighted by atomic mass is 9.91. The Balaban J connectivity index is 1.29. The van der Waals surface area contributed by atoms with E-state index >= 15 is 0 Å². The van der Waals surface area contributed by atoms with Crippen molar-refractivity contribution < 1.29 is 0 Å². The summed E-state index contributed by atoms with van der Waals surface area (Å²) in [5, 5.41) is 0. The molecule has 5 nitrogen and oxygen atoms in total. The third-order valence-electron chi connectivity index (χ3n) is 7.52. The van der Waals surface area contributed by atoms with Gasteiger partial charge in [0.25, 0.3) is 0 Å². The van der Waals surface area contributed by atoms with Gasteiger partial charge in [0, 0.05) is 43.6 Å². The number of aromatic nitrogens is 2. The number of hydrogen-bond donors (Lipinski definition) is 0. The zero-order chi connectivity index (χ0) is 20.2. The van der Waals surface area contributed by atoms with Crippen LogP contribution in [0.25, 0.3) is 0 Å². The molecule has 2 bridgehead atoms. The number of unbranched alkanes of at least 4 members (excludes halogenated alkanes) is 3. The van der Waals surface area contributed by atoms with Gasteiger partial charge in [-0.05, 0) is 77.1 Å². The van der Waals surface area contributed by atoms with Crippen molar-refractivity contribution in [1.82, 2.24) is 19.8 Å². The minimum absolute atomic E-state index is 0.595. The summed E-state index contributed by atoms with van der Waals surface area (Å²) in [6, 6.07) is 1.83. The van der Waals surface area contributed by atoms with Crippen LogP contribution in [-0.2, 0) is 0 Å². The Morgan fingerprint density at radius 1 is 0.931 bits per heavy atom. The molecule has 2 unspecified atom stereocenters. The summed E-state index contributed by atoms with van der Waals surface area (Å²) >= 11 is 0. The van der Waals surface area contributed by atoms with Crippen LogP contribution >= 0.6 is 0 Å². The van der Waals surface area contributed by atoms with E-state index in [9.17, 15) is 0 Å². The molecule has 162 valence electrons. The fourth-order valence-corrected chi connectivity index (χ4v) is 5.61. The summed E-state index contributed by atoms with van der Waals surface area (Å²) < 4.78 is 0. The molecule has 2 atom stereocenters. The third kappa shape index (κ3) is 4.93. The molecule has 0 saturated carbocycles. The molecule has 0 N–H and O–H groups in total. The van der Waals surface area contributed by atoms with Crippen LogP contribution in [-0.4, -0.2) is 70.6 Å². The van der Waals surface area contributed by atoms with E-state index in [1.165, 1.54) is 76.6 Å². The van der Waals surface area contributed by atoms with Crippen LogP contribution < -0.4 is 4.90 Å². The van der Waals surface area contributed by atoms with Gasteiger partial charge in [0.2, 0.25) is 5.95 Å². The first-order valence-electron chi connectivity index (χ1n) is 12.2. The van der Waals surface area contributed by atoms with E-state index in [-0.39, 0.29) is 0 Å². The van der Waals surface area contributed by atoms with Gasteiger partial charge in [-0.15, -0.1) is 0 Å². The molecule has 3 fully saturated rings. The lowest BCUT2D eigenvalue weighted by Gasteiger charge is -2.42. The first-order chi connectivity index (χ1) is 14.2. The minimum Gasteiger partial charge on any atom is -0.332 e. The second-order valence-electron chi connectivity index (χ2n) is 9.83. The zero-order valence-electron chi connectivity index (χ0n) is 18.9. The lowest BCUT2D eigenvalue weighted by Crippen LogP contribution is -2.56. The summed E-state index contributed by atoms with van der Waals surface area (Å²) in [7, 11) is 0. The average molecular weight is 400 g/mol. The molecule has 4 rings (SSSR count). The largest absolute Gasteiger partial charge is 0.332 e. The highest BCUT2D eigenvalue weighted by molar-refractivity contribution is 5.38. The second-order valence-corrected chi connectivity index (χ2v) is 9.83. The number of piperidine rings is 1. The lowest BCUT2D eigenvalue weighted by molar-refractivity contribution is 0.176. The molecule has 3 aliphatic heterocycles. The number of nitrogens with zero attached hydrogens (tertiary/aromatic N) is 5. The molecule has 3 aliphatic rings. The smallest absolute Gasteiger partial charge is 0.225 e. The molecule has 4 heterocycles. The molecule has 0 aromatic carbocycles. The highest BCUT2D eigenvalue weighted by Crippen LogP contribution is 2.34. The Morgan fingerprint density at radius 3 is 2.17 bits per heavy atom. The van der Waals surface area contributed by atoms with Gasteiger partial charge in [0.05, 0.1) is 0 Å². The van der Waals surface area contributed by atoms with Crippen LogP contribution in [0.3, 0.4) is 0 Å². The van der Waals surface area contributed by atoms with Gasteiger partial charge in [-0.25, -0.2) is 9.97 Å². The van der Waals surface area contributed by atoms with Crippen LogP contribution in [0.15, 0.2) is 12.4 Å². The maximum Gasteiger partial charge on any atom is 0.225 e. The van der Waals surface area contributed by atoms with E-state index in [2.05, 4.69) is 47.9 Å². The topological polar surface area (TPSA) is 35.5 Å². The summed E-state index contributed by atoms with van der Waals surface area (Å²) in [6.07, 6.45) is 14.8. The molecule has 3 saturated heterocycles. The van der Waals surface area contributed by atoms with Gasteiger partial charge in [-0.3, -0.25) is 4.90 Å². The van der Waals surface area contributed by atoms with Crippen molar-refractivity contribution in [2.24, 2.45) is 0 Å². The first kappa shape index (κ1) is 21.0. The van der Waals surface area contributed by atoms with E-state index in [1.54, 1.807) is 0 Å². The van der Waals surface area contributed by atoms with Crippen molar-refractivity contribution in [3.05, 3.63) is 18.0 Å². The Labute approximate surface area is 177 Å². The Morgan fingerprint density at radius 2 is 1.59 bits per heavy atom. The number of anilines is 1. The summed E-state index contributed by atoms with van der Waals surface area (Å²) in [5.74, 6) is 1.61. The van der Waals surface area contributed by atoms with Crippen molar-refractivity contribution in [2.45, 2.75) is 96.2 Å². The summed E-state index contributed by atoms with van der Waals surface area (Å²) in [4.78, 5) is 17.5. The zero-order valence-corrected chi connectivity index (χ0v) is 18.9. The van der Waals surface area contributed by atoms with E-state index in [0.717, 1.165) is 19.0 Å². The molecule has 1 aromatic heterocycles. The molecular weight excluding hydrogens is 358 g/mol. The van der Waals surface area contributed by atoms with Crippen LogP contribution in [0.5, 0.6) is 0 Å². The molecule has 0 aliphatic carbocycles. The minimum atomic E-state index is 0.595. The summed E-state index contributed by atoms with van der Waals surface area (Å²) in [5.41, 5.74) is 1.35. The Bertz CT molecular complexity index is 609. The van der Waals surface area contributed by atoms with Gasteiger partial charge in [0.1, 0.15) is 0 Å². The predicted molar refractivity (Wildman–Crippen MR) is 121 cm³/mol. The van der Waals surface area contributed by atoms with Crippen molar-refractivity contribution in [3.8, 4) is 0 Å². The highest BCUT2D eigenvalue weighted by Gasteiger charge is 2.41. The van der Waals surface area contributed by atoms with Crippen molar-refractivity contribution in [3.63, 3.8) is 0 Å². The fourth-order valence-electron chi connectivity index (χ4n) is 5.61. The average Bonchev–Trinajstić information content (AvgIpc) is 3.00. The molecule has 1 aromatic rings. The van der Waals surface area contributed by atoms with Gasteiger partial charge in [0.15, 0.2) is 0 Å². The van der Waals surface area contributed by atoms with E-state index in [0.29, 0.717) is 24.0 Å². The molecular formula is C24H41N5.